The van der Waals surface area contributed by atoms with Crippen LogP contribution in [0.4, 0.5) is 4.79 Å². The summed E-state index contributed by atoms with van der Waals surface area (Å²) in [6, 6.07) is 5.95. The van der Waals surface area contributed by atoms with Crippen molar-refractivity contribution in [2.45, 2.75) is 32.8 Å². The molecule has 0 atom stereocenters. The number of carbonyl (C=O) groups is 1. The number of ether oxygens (including phenoxy) is 3. The number of guanidine groups is 1. The molecule has 0 bridgehead atoms. The van der Waals surface area contributed by atoms with Gasteiger partial charge in [-0.25, -0.2) is 4.79 Å². The van der Waals surface area contributed by atoms with Crippen molar-refractivity contribution < 1.29 is 19.0 Å². The normalized spacial score (nSPS) is 13.3. The number of benzene rings is 1. The zero-order chi connectivity index (χ0) is 19.9. The summed E-state index contributed by atoms with van der Waals surface area (Å²) in [4.78, 5) is 17.7. The standard InChI is InChI=1S/C19H30N4O4/c1-19(2,3)27-18(24)23(5)11-10-22-17(20-4)21-9-8-14-6-7-15-16(12-14)26-13-25-15/h6-7,12H,8-11,13H2,1-5H3,(H2,20,21,22). The predicted molar refractivity (Wildman–Crippen MR) is 104 cm³/mol. The molecule has 150 valence electrons. The predicted octanol–water partition coefficient (Wildman–Crippen LogP) is 1.99. The molecule has 1 aliphatic rings. The molecule has 0 spiro atoms. The smallest absolute Gasteiger partial charge is 0.410 e. The largest absolute Gasteiger partial charge is 0.454 e. The highest BCUT2D eigenvalue weighted by molar-refractivity contribution is 5.79. The van der Waals surface area contributed by atoms with Gasteiger partial charge in [0.25, 0.3) is 0 Å². The lowest BCUT2D eigenvalue weighted by molar-refractivity contribution is 0.0302. The SMILES string of the molecule is CN=C(NCCc1ccc2c(c1)OCO2)NCCN(C)C(=O)OC(C)(C)C. The summed E-state index contributed by atoms with van der Waals surface area (Å²) >= 11 is 0. The molecule has 0 aliphatic carbocycles. The van der Waals surface area contributed by atoms with E-state index in [2.05, 4.69) is 15.6 Å². The molecular weight excluding hydrogens is 348 g/mol. The first-order valence-corrected chi connectivity index (χ1v) is 9.05. The van der Waals surface area contributed by atoms with E-state index in [9.17, 15) is 4.79 Å². The maximum atomic E-state index is 11.9. The fourth-order valence-electron chi connectivity index (χ4n) is 2.42. The van der Waals surface area contributed by atoms with Gasteiger partial charge in [-0.2, -0.15) is 0 Å². The first kappa shape index (κ1) is 20.7. The Bertz CT molecular complexity index is 670. The van der Waals surface area contributed by atoms with Crippen molar-refractivity contribution in [3.05, 3.63) is 23.8 Å². The van der Waals surface area contributed by atoms with Crippen molar-refractivity contribution in [1.82, 2.24) is 15.5 Å². The number of amides is 1. The van der Waals surface area contributed by atoms with Gasteiger partial charge < -0.3 is 29.7 Å². The Balaban J connectivity index is 1.68. The van der Waals surface area contributed by atoms with Gasteiger partial charge in [0.15, 0.2) is 17.5 Å². The van der Waals surface area contributed by atoms with E-state index in [0.29, 0.717) is 19.0 Å². The summed E-state index contributed by atoms with van der Waals surface area (Å²) in [7, 11) is 3.43. The third-order valence-corrected chi connectivity index (χ3v) is 3.81. The van der Waals surface area contributed by atoms with E-state index in [1.807, 2.05) is 39.0 Å². The van der Waals surface area contributed by atoms with Gasteiger partial charge in [-0.1, -0.05) is 6.07 Å². The number of fused-ring (bicyclic) bond motifs is 1. The average molecular weight is 378 g/mol. The molecule has 1 aromatic rings. The third-order valence-electron chi connectivity index (χ3n) is 3.81. The van der Waals surface area contributed by atoms with Crippen LogP contribution < -0.4 is 20.1 Å². The summed E-state index contributed by atoms with van der Waals surface area (Å²) in [6.45, 7) is 7.64. The molecule has 2 N–H and O–H groups in total. The Labute approximate surface area is 160 Å². The molecule has 0 unspecified atom stereocenters. The molecular formula is C19H30N4O4. The summed E-state index contributed by atoms with van der Waals surface area (Å²) < 4.78 is 16.0. The maximum absolute atomic E-state index is 11.9. The summed E-state index contributed by atoms with van der Waals surface area (Å²) in [6.07, 6.45) is 0.491. The number of aliphatic imine (C=N–C) groups is 1. The monoisotopic (exact) mass is 378 g/mol. The number of nitrogens with zero attached hydrogens (tertiary/aromatic N) is 2. The van der Waals surface area contributed by atoms with Crippen LogP contribution in [0.3, 0.4) is 0 Å². The highest BCUT2D eigenvalue weighted by Gasteiger charge is 2.19. The van der Waals surface area contributed by atoms with Crippen molar-refractivity contribution in [3.63, 3.8) is 0 Å². The topological polar surface area (TPSA) is 84.4 Å². The van der Waals surface area contributed by atoms with Crippen LogP contribution in [0.25, 0.3) is 0 Å². The third kappa shape index (κ3) is 6.88. The van der Waals surface area contributed by atoms with Crippen LogP contribution in [0.2, 0.25) is 0 Å². The fraction of sp³-hybridized carbons (Fsp3) is 0.579. The highest BCUT2D eigenvalue weighted by atomic mass is 16.7. The zero-order valence-corrected chi connectivity index (χ0v) is 16.8. The highest BCUT2D eigenvalue weighted by Crippen LogP contribution is 2.32. The first-order chi connectivity index (χ1) is 12.8. The van der Waals surface area contributed by atoms with Crippen LogP contribution in [0.5, 0.6) is 11.5 Å². The molecule has 1 heterocycles. The van der Waals surface area contributed by atoms with Crippen molar-refractivity contribution in [3.8, 4) is 11.5 Å². The van der Waals surface area contributed by atoms with E-state index in [1.54, 1.807) is 14.1 Å². The van der Waals surface area contributed by atoms with E-state index >= 15 is 0 Å². The molecule has 8 nitrogen and oxygen atoms in total. The van der Waals surface area contributed by atoms with Crippen molar-refractivity contribution in [1.29, 1.82) is 0 Å². The minimum atomic E-state index is -0.495. The second kappa shape index (κ2) is 9.34. The quantitative estimate of drug-likeness (QED) is 0.582. The van der Waals surface area contributed by atoms with Crippen LogP contribution in [0, 0.1) is 0 Å². The Kier molecular flexibility index (Phi) is 7.15. The van der Waals surface area contributed by atoms with Gasteiger partial charge in [0.1, 0.15) is 5.60 Å². The molecule has 0 saturated carbocycles. The van der Waals surface area contributed by atoms with Gasteiger partial charge in [0.05, 0.1) is 0 Å². The second-order valence-electron chi connectivity index (χ2n) is 7.27. The molecule has 0 radical (unpaired) electrons. The lowest BCUT2D eigenvalue weighted by Gasteiger charge is -2.24. The van der Waals surface area contributed by atoms with Crippen LogP contribution in [0.15, 0.2) is 23.2 Å². The molecule has 2 rings (SSSR count). The van der Waals surface area contributed by atoms with E-state index in [-0.39, 0.29) is 12.9 Å². The van der Waals surface area contributed by atoms with Gasteiger partial charge in [-0.3, -0.25) is 4.99 Å². The number of nitrogens with one attached hydrogen (secondary N) is 2. The zero-order valence-electron chi connectivity index (χ0n) is 16.8. The molecule has 0 fully saturated rings. The Hall–Kier alpha value is -2.64. The molecule has 0 saturated heterocycles. The van der Waals surface area contributed by atoms with E-state index in [1.165, 1.54) is 4.90 Å². The van der Waals surface area contributed by atoms with Crippen molar-refractivity contribution in [2.24, 2.45) is 4.99 Å². The molecule has 1 aliphatic heterocycles. The van der Waals surface area contributed by atoms with Crippen molar-refractivity contribution >= 4 is 12.1 Å². The van der Waals surface area contributed by atoms with Gasteiger partial charge in [-0.05, 0) is 44.9 Å². The lowest BCUT2D eigenvalue weighted by Crippen LogP contribution is -2.43. The van der Waals surface area contributed by atoms with Crippen LogP contribution in [0.1, 0.15) is 26.3 Å². The minimum absolute atomic E-state index is 0.283. The van der Waals surface area contributed by atoms with Crippen molar-refractivity contribution in [2.75, 3.05) is 40.5 Å². The second-order valence-corrected chi connectivity index (χ2v) is 7.27. The summed E-state index contributed by atoms with van der Waals surface area (Å²) in [5, 5.41) is 6.45. The van der Waals surface area contributed by atoms with Gasteiger partial charge in [0.2, 0.25) is 6.79 Å². The van der Waals surface area contributed by atoms with Gasteiger partial charge >= 0.3 is 6.09 Å². The Morgan fingerprint density at radius 3 is 2.63 bits per heavy atom. The van der Waals surface area contributed by atoms with Crippen LogP contribution >= 0.6 is 0 Å². The minimum Gasteiger partial charge on any atom is -0.454 e. The number of hydrogen-bond acceptors (Lipinski definition) is 5. The van der Waals surface area contributed by atoms with Gasteiger partial charge in [0, 0.05) is 33.7 Å². The Morgan fingerprint density at radius 1 is 1.22 bits per heavy atom. The van der Waals surface area contributed by atoms with E-state index in [0.717, 1.165) is 30.0 Å². The molecule has 8 heteroatoms. The van der Waals surface area contributed by atoms with E-state index < -0.39 is 5.60 Å². The van der Waals surface area contributed by atoms with E-state index in [4.69, 9.17) is 14.2 Å². The molecule has 1 amide bonds. The number of likely N-dealkylation sites (N-methyl/N-ethyl adjacent to an activating group) is 1. The number of rotatable bonds is 6. The number of hydrogen-bond donors (Lipinski definition) is 2. The summed E-state index contributed by atoms with van der Waals surface area (Å²) in [5.41, 5.74) is 0.664. The Morgan fingerprint density at radius 2 is 1.93 bits per heavy atom. The lowest BCUT2D eigenvalue weighted by atomic mass is 10.1. The fourth-order valence-corrected chi connectivity index (χ4v) is 2.42. The van der Waals surface area contributed by atoms with Crippen LogP contribution in [-0.4, -0.2) is 63.1 Å². The van der Waals surface area contributed by atoms with Crippen LogP contribution in [-0.2, 0) is 11.2 Å². The molecule has 27 heavy (non-hydrogen) atoms. The maximum Gasteiger partial charge on any atom is 0.410 e. The summed E-state index contributed by atoms with van der Waals surface area (Å²) in [5.74, 6) is 2.27. The number of carbonyl (C=O) groups excluding carboxylic acids is 1. The molecule has 1 aromatic carbocycles. The first-order valence-electron chi connectivity index (χ1n) is 9.05. The van der Waals surface area contributed by atoms with Gasteiger partial charge in [-0.15, -0.1) is 0 Å². The molecule has 0 aromatic heterocycles. The average Bonchev–Trinajstić information content (AvgIpc) is 3.06.